The molecule has 0 aliphatic carbocycles. The molecular weight excluding hydrogens is 461 g/mol. The van der Waals surface area contributed by atoms with E-state index < -0.39 is 11.4 Å². The summed E-state index contributed by atoms with van der Waals surface area (Å²) in [5.41, 5.74) is 0.858. The molecule has 0 aromatic heterocycles. The van der Waals surface area contributed by atoms with Gasteiger partial charge in [0.05, 0.1) is 30.5 Å². The molecule has 1 heterocycles. The normalized spacial score (nSPS) is 24.0. The molecule has 1 N–H and O–H groups in total. The van der Waals surface area contributed by atoms with E-state index in [1.807, 2.05) is 67.3 Å². The second-order valence-electron chi connectivity index (χ2n) is 9.13. The minimum absolute atomic E-state index is 0.152. The molecule has 0 bridgehead atoms. The number of amides is 1. The zero-order valence-corrected chi connectivity index (χ0v) is 20.8. The van der Waals surface area contributed by atoms with Gasteiger partial charge in [-0.1, -0.05) is 61.3 Å². The van der Waals surface area contributed by atoms with Crippen molar-refractivity contribution in [1.29, 1.82) is 0 Å². The Morgan fingerprint density at radius 1 is 1.18 bits per heavy atom. The van der Waals surface area contributed by atoms with E-state index in [0.29, 0.717) is 29.7 Å². The van der Waals surface area contributed by atoms with Gasteiger partial charge >= 0.3 is 5.97 Å². The first-order valence-electron chi connectivity index (χ1n) is 11.3. The maximum atomic E-state index is 13.9. The lowest BCUT2D eigenvalue weighted by molar-refractivity contribution is -0.161. The molecule has 1 aliphatic rings. The Hall–Kier alpha value is -2.08. The average molecular weight is 492 g/mol. The summed E-state index contributed by atoms with van der Waals surface area (Å²) in [6, 6.07) is 14.5. The van der Waals surface area contributed by atoms with Gasteiger partial charge in [0.2, 0.25) is 5.91 Å². The predicted octanol–water partition coefficient (Wildman–Crippen LogP) is 6.35. The number of halogens is 2. The van der Waals surface area contributed by atoms with Crippen LogP contribution in [0.4, 0.5) is 0 Å². The van der Waals surface area contributed by atoms with Crippen LogP contribution in [0.2, 0.25) is 10.0 Å². The van der Waals surface area contributed by atoms with Crippen molar-refractivity contribution in [2.24, 2.45) is 5.41 Å². The smallest absolute Gasteiger partial charge is 0.304 e. The summed E-state index contributed by atoms with van der Waals surface area (Å²) in [7, 11) is 0. The van der Waals surface area contributed by atoms with Crippen LogP contribution in [-0.2, 0) is 14.3 Å². The van der Waals surface area contributed by atoms with Crippen molar-refractivity contribution >= 4 is 35.1 Å². The second-order valence-corrected chi connectivity index (χ2v) is 10.0. The van der Waals surface area contributed by atoms with Crippen molar-refractivity contribution in [2.45, 2.75) is 58.0 Å². The summed E-state index contributed by atoms with van der Waals surface area (Å²) < 4.78 is 5.81. The topological polar surface area (TPSA) is 66.8 Å². The molecule has 1 saturated heterocycles. The Morgan fingerprint density at radius 3 is 2.48 bits per heavy atom. The number of aliphatic carboxylic acids is 1. The van der Waals surface area contributed by atoms with E-state index in [4.69, 9.17) is 27.9 Å². The first kappa shape index (κ1) is 25.5. The van der Waals surface area contributed by atoms with Crippen LogP contribution in [0.1, 0.15) is 63.1 Å². The third-order valence-corrected chi connectivity index (χ3v) is 6.80. The van der Waals surface area contributed by atoms with Crippen LogP contribution in [0.3, 0.4) is 0 Å². The molecule has 3 rings (SSSR count). The zero-order chi connectivity index (χ0) is 24.2. The van der Waals surface area contributed by atoms with Gasteiger partial charge in [-0.3, -0.25) is 9.59 Å². The maximum absolute atomic E-state index is 13.9. The summed E-state index contributed by atoms with van der Waals surface area (Å²) in [5, 5.41) is 10.8. The first-order valence-corrected chi connectivity index (χ1v) is 12.0. The average Bonchev–Trinajstić information content (AvgIpc) is 2.75. The lowest BCUT2D eigenvalue weighted by Crippen LogP contribution is -2.56. The van der Waals surface area contributed by atoms with Gasteiger partial charge < -0.3 is 14.7 Å². The van der Waals surface area contributed by atoms with Crippen LogP contribution < -0.4 is 0 Å². The Morgan fingerprint density at radius 2 is 1.88 bits per heavy atom. The van der Waals surface area contributed by atoms with Crippen molar-refractivity contribution in [3.8, 4) is 0 Å². The number of rotatable bonds is 9. The molecule has 2 aromatic carbocycles. The number of nitrogens with zero attached hydrogens (tertiary/aromatic N) is 1. The van der Waals surface area contributed by atoms with E-state index in [0.717, 1.165) is 17.5 Å². The molecule has 2 aromatic rings. The lowest BCUT2D eigenvalue weighted by Gasteiger charge is -2.51. The highest BCUT2D eigenvalue weighted by atomic mass is 35.5. The molecule has 0 saturated carbocycles. The molecule has 1 fully saturated rings. The van der Waals surface area contributed by atoms with Crippen LogP contribution in [0.5, 0.6) is 0 Å². The van der Waals surface area contributed by atoms with Gasteiger partial charge in [0.25, 0.3) is 0 Å². The number of likely N-dealkylation sites (tertiary alicyclic amines) is 1. The highest BCUT2D eigenvalue weighted by Crippen LogP contribution is 2.51. The number of carbonyl (C=O) groups excluding carboxylic acids is 1. The fraction of sp³-hybridized carbons (Fsp3) is 0.462. The van der Waals surface area contributed by atoms with Crippen molar-refractivity contribution in [1.82, 2.24) is 4.90 Å². The van der Waals surface area contributed by atoms with Gasteiger partial charge in [0, 0.05) is 22.6 Å². The van der Waals surface area contributed by atoms with Crippen LogP contribution in [0.15, 0.2) is 48.5 Å². The fourth-order valence-electron chi connectivity index (χ4n) is 4.84. The van der Waals surface area contributed by atoms with E-state index >= 15 is 0 Å². The van der Waals surface area contributed by atoms with Crippen LogP contribution >= 0.6 is 23.2 Å². The van der Waals surface area contributed by atoms with Gasteiger partial charge in [-0.25, -0.2) is 0 Å². The number of benzene rings is 2. The van der Waals surface area contributed by atoms with Crippen LogP contribution in [0.25, 0.3) is 0 Å². The van der Waals surface area contributed by atoms with Gasteiger partial charge in [-0.2, -0.15) is 0 Å². The predicted molar refractivity (Wildman–Crippen MR) is 131 cm³/mol. The quantitative estimate of drug-likeness (QED) is 0.415. The summed E-state index contributed by atoms with van der Waals surface area (Å²) in [6.07, 6.45) is 1.03. The first-order chi connectivity index (χ1) is 15.7. The van der Waals surface area contributed by atoms with Crippen molar-refractivity contribution < 1.29 is 19.4 Å². The van der Waals surface area contributed by atoms with Crippen LogP contribution in [-0.4, -0.2) is 41.1 Å². The number of carbonyl (C=O) groups is 2. The highest BCUT2D eigenvalue weighted by Gasteiger charge is 2.51. The minimum atomic E-state index is -1.05. The molecule has 33 heavy (non-hydrogen) atoms. The van der Waals surface area contributed by atoms with Crippen LogP contribution in [0, 0.1) is 5.41 Å². The highest BCUT2D eigenvalue weighted by molar-refractivity contribution is 6.30. The Balaban J connectivity index is 2.15. The minimum Gasteiger partial charge on any atom is -0.481 e. The summed E-state index contributed by atoms with van der Waals surface area (Å²) in [6.45, 7) is 6.72. The van der Waals surface area contributed by atoms with Gasteiger partial charge in [0.1, 0.15) is 0 Å². The number of ether oxygens (including phenoxy) is 1. The fourth-order valence-corrected chi connectivity index (χ4v) is 5.17. The third-order valence-electron chi connectivity index (χ3n) is 6.31. The molecule has 178 valence electrons. The summed E-state index contributed by atoms with van der Waals surface area (Å²) in [5.74, 6) is -1.31. The summed E-state index contributed by atoms with van der Waals surface area (Å²) >= 11 is 12.5. The molecule has 0 radical (unpaired) electrons. The molecule has 1 aliphatic heterocycles. The van der Waals surface area contributed by atoms with E-state index in [1.165, 1.54) is 0 Å². The second kappa shape index (κ2) is 10.9. The number of hydrogen-bond acceptors (Lipinski definition) is 3. The third kappa shape index (κ3) is 5.89. The Labute approximate surface area is 205 Å². The number of hydrogen-bond donors (Lipinski definition) is 1. The van der Waals surface area contributed by atoms with Gasteiger partial charge in [-0.15, -0.1) is 0 Å². The van der Waals surface area contributed by atoms with Gasteiger partial charge in [-0.05, 0) is 55.2 Å². The van der Waals surface area contributed by atoms with E-state index in [-0.39, 0.29) is 30.3 Å². The molecule has 4 atom stereocenters. The monoisotopic (exact) mass is 491 g/mol. The SMILES string of the molecule is CCCOCC(C)N1C(=O)C(C)(CC(=O)O)CC(c2cccc(Cl)c2)C1c1ccc(Cl)cc1. The number of piperidine rings is 1. The number of carboxylic acids is 1. The molecule has 5 nitrogen and oxygen atoms in total. The van der Waals surface area contributed by atoms with E-state index in [2.05, 4.69) is 0 Å². The lowest BCUT2D eigenvalue weighted by atomic mass is 9.67. The largest absolute Gasteiger partial charge is 0.481 e. The molecule has 1 amide bonds. The van der Waals surface area contributed by atoms with Crippen molar-refractivity contribution in [3.63, 3.8) is 0 Å². The standard InChI is InChI=1S/C26H31Cl2NO4/c1-4-12-33-16-17(2)29-24(18-8-10-20(27)11-9-18)22(19-6-5-7-21(28)13-19)14-26(3,25(29)32)15-23(30)31/h5-11,13,17,22,24H,4,12,14-16H2,1-3H3,(H,30,31). The molecule has 7 heteroatoms. The Kier molecular flexibility index (Phi) is 8.43. The number of carboxylic acid groups (broad SMARTS) is 1. The van der Waals surface area contributed by atoms with E-state index in [9.17, 15) is 14.7 Å². The molecule has 0 spiro atoms. The van der Waals surface area contributed by atoms with E-state index in [1.54, 1.807) is 6.92 Å². The maximum Gasteiger partial charge on any atom is 0.304 e. The molecule has 4 unspecified atom stereocenters. The van der Waals surface area contributed by atoms with Crippen molar-refractivity contribution in [2.75, 3.05) is 13.2 Å². The molecular formula is C26H31Cl2NO4. The summed E-state index contributed by atoms with van der Waals surface area (Å²) in [4.78, 5) is 27.5. The Bertz CT molecular complexity index is 981. The zero-order valence-electron chi connectivity index (χ0n) is 19.3. The van der Waals surface area contributed by atoms with Gasteiger partial charge in [0.15, 0.2) is 0 Å². The van der Waals surface area contributed by atoms with Crippen molar-refractivity contribution in [3.05, 3.63) is 69.7 Å².